The largest absolute Gasteiger partial charge is 0.325 e. The summed E-state index contributed by atoms with van der Waals surface area (Å²) >= 11 is 0. The lowest BCUT2D eigenvalue weighted by atomic mass is 9.99. The standard InChI is InChI=1S/C10H15O3P/c1-9(7-8-14(11,12)13)10-5-3-2-4-6-10/h2-6,9H,7-8H2,1H3,(H2,11,12,13). The molecule has 0 spiro atoms. The molecular weight excluding hydrogens is 199 g/mol. The highest BCUT2D eigenvalue weighted by atomic mass is 31.2. The summed E-state index contributed by atoms with van der Waals surface area (Å²) in [5, 5.41) is 0. The normalized spacial score (nSPS) is 13.9. The molecule has 0 radical (unpaired) electrons. The van der Waals surface area contributed by atoms with Gasteiger partial charge in [0.15, 0.2) is 0 Å². The van der Waals surface area contributed by atoms with Crippen molar-refractivity contribution in [1.29, 1.82) is 0 Å². The maximum absolute atomic E-state index is 10.7. The van der Waals surface area contributed by atoms with Crippen molar-refractivity contribution in [2.45, 2.75) is 19.3 Å². The molecule has 0 bridgehead atoms. The summed E-state index contributed by atoms with van der Waals surface area (Å²) in [4.78, 5) is 17.4. The number of benzene rings is 1. The van der Waals surface area contributed by atoms with E-state index < -0.39 is 7.60 Å². The highest BCUT2D eigenvalue weighted by Gasteiger charge is 2.15. The zero-order chi connectivity index (χ0) is 10.6. The third kappa shape index (κ3) is 4.05. The van der Waals surface area contributed by atoms with Gasteiger partial charge in [-0.1, -0.05) is 37.3 Å². The molecule has 0 saturated heterocycles. The van der Waals surface area contributed by atoms with E-state index in [1.807, 2.05) is 37.3 Å². The Balaban J connectivity index is 2.52. The van der Waals surface area contributed by atoms with E-state index in [4.69, 9.17) is 9.79 Å². The van der Waals surface area contributed by atoms with Gasteiger partial charge in [-0.3, -0.25) is 4.57 Å². The van der Waals surface area contributed by atoms with Gasteiger partial charge in [-0.15, -0.1) is 0 Å². The Morgan fingerprint density at radius 2 is 1.86 bits per heavy atom. The lowest BCUT2D eigenvalue weighted by Crippen LogP contribution is -1.97. The van der Waals surface area contributed by atoms with Gasteiger partial charge in [-0.2, -0.15) is 0 Å². The fourth-order valence-corrected chi connectivity index (χ4v) is 2.03. The van der Waals surface area contributed by atoms with Gasteiger partial charge in [0.05, 0.1) is 6.16 Å². The molecule has 0 aliphatic carbocycles. The first-order chi connectivity index (χ1) is 6.49. The molecule has 0 aliphatic heterocycles. The minimum absolute atomic E-state index is 0.0386. The molecule has 1 aromatic rings. The molecule has 0 fully saturated rings. The highest BCUT2D eigenvalue weighted by Crippen LogP contribution is 2.37. The zero-order valence-electron chi connectivity index (χ0n) is 8.13. The molecule has 0 aliphatic rings. The molecule has 1 atom stereocenters. The average Bonchev–Trinajstić information content (AvgIpc) is 2.14. The Morgan fingerprint density at radius 3 is 2.36 bits per heavy atom. The highest BCUT2D eigenvalue weighted by molar-refractivity contribution is 7.51. The van der Waals surface area contributed by atoms with Crippen LogP contribution in [0.25, 0.3) is 0 Å². The Labute approximate surface area is 83.9 Å². The number of hydrogen-bond donors (Lipinski definition) is 2. The molecule has 3 nitrogen and oxygen atoms in total. The van der Waals surface area contributed by atoms with Crippen molar-refractivity contribution in [3.63, 3.8) is 0 Å². The second-order valence-electron chi connectivity index (χ2n) is 3.49. The van der Waals surface area contributed by atoms with E-state index in [0.717, 1.165) is 5.56 Å². The predicted molar refractivity (Wildman–Crippen MR) is 56.4 cm³/mol. The predicted octanol–water partition coefficient (Wildman–Crippen LogP) is 2.36. The van der Waals surface area contributed by atoms with Crippen LogP contribution >= 0.6 is 7.60 Å². The van der Waals surface area contributed by atoms with Crippen LogP contribution in [0.15, 0.2) is 30.3 Å². The van der Waals surface area contributed by atoms with Gasteiger partial charge >= 0.3 is 7.60 Å². The second kappa shape index (κ2) is 4.74. The third-order valence-corrected chi connectivity index (χ3v) is 3.06. The summed E-state index contributed by atoms with van der Waals surface area (Å²) in [5.74, 6) is 0.198. The topological polar surface area (TPSA) is 57.5 Å². The molecule has 0 amide bonds. The van der Waals surface area contributed by atoms with E-state index >= 15 is 0 Å². The molecule has 1 unspecified atom stereocenters. The zero-order valence-corrected chi connectivity index (χ0v) is 9.02. The third-order valence-electron chi connectivity index (χ3n) is 2.22. The van der Waals surface area contributed by atoms with E-state index in [-0.39, 0.29) is 12.1 Å². The summed E-state index contributed by atoms with van der Waals surface area (Å²) in [6.45, 7) is 1.98. The monoisotopic (exact) mass is 214 g/mol. The first-order valence-corrected chi connectivity index (χ1v) is 6.38. The van der Waals surface area contributed by atoms with Crippen LogP contribution in [0.2, 0.25) is 0 Å². The summed E-state index contributed by atoms with van der Waals surface area (Å²) in [7, 11) is -3.84. The molecule has 0 aromatic heterocycles. The molecule has 14 heavy (non-hydrogen) atoms. The van der Waals surface area contributed by atoms with Crippen molar-refractivity contribution < 1.29 is 14.4 Å². The van der Waals surface area contributed by atoms with Crippen LogP contribution in [0, 0.1) is 0 Å². The van der Waals surface area contributed by atoms with E-state index in [1.165, 1.54) is 0 Å². The van der Waals surface area contributed by atoms with Gasteiger partial charge in [-0.05, 0) is 17.9 Å². The summed E-state index contributed by atoms with van der Waals surface area (Å²) < 4.78 is 10.7. The quantitative estimate of drug-likeness (QED) is 0.756. The molecule has 1 aromatic carbocycles. The first kappa shape index (κ1) is 11.4. The fraction of sp³-hybridized carbons (Fsp3) is 0.400. The van der Waals surface area contributed by atoms with Crippen LogP contribution in [0.5, 0.6) is 0 Å². The van der Waals surface area contributed by atoms with Gasteiger partial charge in [-0.25, -0.2) is 0 Å². The van der Waals surface area contributed by atoms with Crippen molar-refractivity contribution in [1.82, 2.24) is 0 Å². The smallest absolute Gasteiger partial charge is 0.324 e. The maximum atomic E-state index is 10.7. The summed E-state index contributed by atoms with van der Waals surface area (Å²) in [6.07, 6.45) is 0.483. The first-order valence-electron chi connectivity index (χ1n) is 4.58. The van der Waals surface area contributed by atoms with Crippen molar-refractivity contribution in [3.05, 3.63) is 35.9 Å². The van der Waals surface area contributed by atoms with Crippen LogP contribution in [-0.4, -0.2) is 15.9 Å². The van der Waals surface area contributed by atoms with Crippen molar-refractivity contribution >= 4 is 7.60 Å². The van der Waals surface area contributed by atoms with E-state index in [0.29, 0.717) is 6.42 Å². The van der Waals surface area contributed by atoms with Crippen molar-refractivity contribution in [3.8, 4) is 0 Å². The summed E-state index contributed by atoms with van der Waals surface area (Å²) in [5.41, 5.74) is 1.13. The molecule has 78 valence electrons. The Morgan fingerprint density at radius 1 is 1.29 bits per heavy atom. The van der Waals surface area contributed by atoms with Crippen LogP contribution in [0.3, 0.4) is 0 Å². The second-order valence-corrected chi connectivity index (χ2v) is 5.27. The molecule has 0 saturated carbocycles. The van der Waals surface area contributed by atoms with Gasteiger partial charge in [0.2, 0.25) is 0 Å². The molecule has 4 heteroatoms. The lowest BCUT2D eigenvalue weighted by Gasteiger charge is -2.11. The Hall–Kier alpha value is -0.630. The van der Waals surface area contributed by atoms with Gasteiger partial charge in [0.1, 0.15) is 0 Å². The van der Waals surface area contributed by atoms with Crippen LogP contribution in [0.1, 0.15) is 24.8 Å². The van der Waals surface area contributed by atoms with Crippen LogP contribution in [-0.2, 0) is 4.57 Å². The van der Waals surface area contributed by atoms with Gasteiger partial charge in [0.25, 0.3) is 0 Å². The number of rotatable bonds is 4. The van der Waals surface area contributed by atoms with Gasteiger partial charge < -0.3 is 9.79 Å². The van der Waals surface area contributed by atoms with E-state index in [1.54, 1.807) is 0 Å². The fourth-order valence-electron chi connectivity index (χ4n) is 1.31. The SMILES string of the molecule is CC(CCP(=O)(O)O)c1ccccc1. The molecule has 1 rings (SSSR count). The maximum Gasteiger partial charge on any atom is 0.325 e. The van der Waals surface area contributed by atoms with Gasteiger partial charge in [0, 0.05) is 0 Å². The Kier molecular flexibility index (Phi) is 3.87. The van der Waals surface area contributed by atoms with Crippen LogP contribution in [0.4, 0.5) is 0 Å². The molecule has 0 heterocycles. The minimum atomic E-state index is -3.84. The summed E-state index contributed by atoms with van der Waals surface area (Å²) in [6, 6.07) is 9.75. The lowest BCUT2D eigenvalue weighted by molar-refractivity contribution is 0.370. The van der Waals surface area contributed by atoms with E-state index in [2.05, 4.69) is 0 Å². The van der Waals surface area contributed by atoms with Crippen molar-refractivity contribution in [2.24, 2.45) is 0 Å². The minimum Gasteiger partial charge on any atom is -0.324 e. The number of hydrogen-bond acceptors (Lipinski definition) is 1. The molecule has 2 N–H and O–H groups in total. The Bertz CT molecular complexity index is 317. The molecular formula is C10H15O3P. The van der Waals surface area contributed by atoms with Crippen LogP contribution < -0.4 is 0 Å². The van der Waals surface area contributed by atoms with E-state index in [9.17, 15) is 4.57 Å². The van der Waals surface area contributed by atoms with Crippen molar-refractivity contribution in [2.75, 3.05) is 6.16 Å². The average molecular weight is 214 g/mol.